The molecule has 1 saturated carbocycles. The van der Waals surface area contributed by atoms with Gasteiger partial charge in [0, 0.05) is 12.1 Å². The van der Waals surface area contributed by atoms with E-state index in [9.17, 15) is 0 Å². The topological polar surface area (TPSA) is 29.3 Å². The van der Waals surface area contributed by atoms with Gasteiger partial charge in [0.25, 0.3) is 0 Å². The lowest BCUT2D eigenvalue weighted by Crippen LogP contribution is -2.29. The van der Waals surface area contributed by atoms with Gasteiger partial charge in [-0.2, -0.15) is 0 Å². The predicted octanol–water partition coefficient (Wildman–Crippen LogP) is 2.38. The second-order valence-corrected chi connectivity index (χ2v) is 4.58. The molecule has 0 radical (unpaired) electrons. The van der Waals surface area contributed by atoms with Gasteiger partial charge in [-0.25, -0.2) is 0 Å². The highest BCUT2D eigenvalue weighted by molar-refractivity contribution is 4.84. The van der Waals surface area contributed by atoms with Crippen LogP contribution in [0.4, 0.5) is 0 Å². The van der Waals surface area contributed by atoms with E-state index in [-0.39, 0.29) is 0 Å². The average Bonchev–Trinajstić information content (AvgIpc) is 2.99. The van der Waals surface area contributed by atoms with Crippen LogP contribution in [0.15, 0.2) is 0 Å². The van der Waals surface area contributed by atoms with Crippen LogP contribution in [0.1, 0.15) is 52.4 Å². The number of rotatable bonds is 8. The minimum Gasteiger partial charge on any atom is -0.328 e. The Hall–Kier alpha value is -0.0800. The number of nitrogens with two attached hydrogens (primary N) is 1. The van der Waals surface area contributed by atoms with Gasteiger partial charge in [-0.1, -0.05) is 13.8 Å². The molecule has 1 rings (SSSR count). The van der Waals surface area contributed by atoms with Crippen molar-refractivity contribution in [3.8, 4) is 0 Å². The minimum atomic E-state index is 0.428. The summed E-state index contributed by atoms with van der Waals surface area (Å²) in [7, 11) is 0. The Morgan fingerprint density at radius 3 is 2.50 bits per heavy atom. The molecule has 2 nitrogen and oxygen atoms in total. The Morgan fingerprint density at radius 2 is 2.00 bits per heavy atom. The highest BCUT2D eigenvalue weighted by Crippen LogP contribution is 2.27. The second kappa shape index (κ2) is 6.41. The standard InChI is InChI=1S/C12H26N2/c1-3-9-14(12-7-8-12)10-5-6-11(13)4-2/h11-12H,3-10,13H2,1-2H3. The van der Waals surface area contributed by atoms with Gasteiger partial charge in [-0.05, 0) is 51.6 Å². The van der Waals surface area contributed by atoms with Crippen molar-refractivity contribution < 1.29 is 0 Å². The zero-order chi connectivity index (χ0) is 10.4. The molecule has 0 aromatic rings. The molecule has 0 aromatic heterocycles. The molecule has 1 atom stereocenters. The predicted molar refractivity (Wildman–Crippen MR) is 62.4 cm³/mol. The van der Waals surface area contributed by atoms with E-state index >= 15 is 0 Å². The molecule has 14 heavy (non-hydrogen) atoms. The first-order valence-electron chi connectivity index (χ1n) is 6.27. The molecular formula is C12H26N2. The Balaban J connectivity index is 2.07. The van der Waals surface area contributed by atoms with Gasteiger partial charge in [0.15, 0.2) is 0 Å². The molecule has 0 bridgehead atoms. The molecule has 2 heteroatoms. The third-order valence-corrected chi connectivity index (χ3v) is 3.12. The Labute approximate surface area is 88.8 Å². The van der Waals surface area contributed by atoms with Gasteiger partial charge in [0.2, 0.25) is 0 Å². The SMILES string of the molecule is CCCN(CCCC(N)CC)C1CC1. The van der Waals surface area contributed by atoms with Crippen LogP contribution >= 0.6 is 0 Å². The molecule has 0 saturated heterocycles. The van der Waals surface area contributed by atoms with Crippen molar-refractivity contribution in [2.45, 2.75) is 64.5 Å². The number of hydrogen-bond acceptors (Lipinski definition) is 2. The second-order valence-electron chi connectivity index (χ2n) is 4.58. The smallest absolute Gasteiger partial charge is 0.00964 e. The number of hydrogen-bond donors (Lipinski definition) is 1. The van der Waals surface area contributed by atoms with Gasteiger partial charge in [0.1, 0.15) is 0 Å². The van der Waals surface area contributed by atoms with Gasteiger partial charge in [-0.3, -0.25) is 0 Å². The molecule has 1 unspecified atom stereocenters. The van der Waals surface area contributed by atoms with Gasteiger partial charge < -0.3 is 10.6 Å². The molecule has 0 amide bonds. The zero-order valence-electron chi connectivity index (χ0n) is 9.84. The van der Waals surface area contributed by atoms with Gasteiger partial charge in [-0.15, -0.1) is 0 Å². The van der Waals surface area contributed by atoms with Crippen LogP contribution < -0.4 is 5.73 Å². The van der Waals surface area contributed by atoms with E-state index in [0.717, 1.165) is 12.5 Å². The van der Waals surface area contributed by atoms with Crippen LogP contribution in [0, 0.1) is 0 Å². The fraction of sp³-hybridized carbons (Fsp3) is 1.00. The lowest BCUT2D eigenvalue weighted by molar-refractivity contribution is 0.255. The van der Waals surface area contributed by atoms with Gasteiger partial charge >= 0.3 is 0 Å². The van der Waals surface area contributed by atoms with Crippen LogP contribution in [0.2, 0.25) is 0 Å². The molecule has 0 aliphatic heterocycles. The van der Waals surface area contributed by atoms with Crippen molar-refractivity contribution in [3.63, 3.8) is 0 Å². The van der Waals surface area contributed by atoms with E-state index in [1.807, 2.05) is 0 Å². The van der Waals surface area contributed by atoms with Crippen LogP contribution in [-0.2, 0) is 0 Å². The first-order valence-corrected chi connectivity index (χ1v) is 6.27. The summed E-state index contributed by atoms with van der Waals surface area (Å²) < 4.78 is 0. The summed E-state index contributed by atoms with van der Waals surface area (Å²) in [5.41, 5.74) is 5.91. The monoisotopic (exact) mass is 198 g/mol. The molecule has 1 aliphatic carbocycles. The Kier molecular flexibility index (Phi) is 5.49. The van der Waals surface area contributed by atoms with Crippen molar-refractivity contribution in [3.05, 3.63) is 0 Å². The lowest BCUT2D eigenvalue weighted by Gasteiger charge is -2.21. The summed E-state index contributed by atoms with van der Waals surface area (Å²) in [6.07, 6.45) is 7.75. The highest BCUT2D eigenvalue weighted by Gasteiger charge is 2.27. The van der Waals surface area contributed by atoms with Crippen molar-refractivity contribution in [1.82, 2.24) is 4.90 Å². The minimum absolute atomic E-state index is 0.428. The quantitative estimate of drug-likeness (QED) is 0.649. The van der Waals surface area contributed by atoms with E-state index < -0.39 is 0 Å². The van der Waals surface area contributed by atoms with E-state index in [4.69, 9.17) is 5.73 Å². The third kappa shape index (κ3) is 4.43. The van der Waals surface area contributed by atoms with Gasteiger partial charge in [0.05, 0.1) is 0 Å². The molecule has 1 fully saturated rings. The highest BCUT2D eigenvalue weighted by atomic mass is 15.2. The summed E-state index contributed by atoms with van der Waals surface area (Å²) in [4.78, 5) is 2.66. The van der Waals surface area contributed by atoms with E-state index in [1.165, 1.54) is 45.2 Å². The number of nitrogens with zero attached hydrogens (tertiary/aromatic N) is 1. The maximum atomic E-state index is 5.91. The van der Waals surface area contributed by atoms with Crippen LogP contribution in [0.5, 0.6) is 0 Å². The Bertz CT molecular complexity index is 143. The fourth-order valence-electron chi connectivity index (χ4n) is 1.96. The summed E-state index contributed by atoms with van der Waals surface area (Å²) in [5.74, 6) is 0. The molecule has 0 aromatic carbocycles. The van der Waals surface area contributed by atoms with Crippen LogP contribution in [0.25, 0.3) is 0 Å². The summed E-state index contributed by atoms with van der Waals surface area (Å²) in [5, 5.41) is 0. The van der Waals surface area contributed by atoms with Crippen molar-refractivity contribution in [2.24, 2.45) is 5.73 Å². The largest absolute Gasteiger partial charge is 0.328 e. The maximum Gasteiger partial charge on any atom is 0.00964 e. The molecular weight excluding hydrogens is 172 g/mol. The van der Waals surface area contributed by atoms with E-state index in [1.54, 1.807) is 0 Å². The summed E-state index contributed by atoms with van der Waals surface area (Å²) in [6.45, 7) is 7.00. The van der Waals surface area contributed by atoms with Crippen molar-refractivity contribution >= 4 is 0 Å². The molecule has 84 valence electrons. The first-order chi connectivity index (χ1) is 6.77. The van der Waals surface area contributed by atoms with Crippen molar-refractivity contribution in [1.29, 1.82) is 0 Å². The third-order valence-electron chi connectivity index (χ3n) is 3.12. The van der Waals surface area contributed by atoms with Crippen LogP contribution in [0.3, 0.4) is 0 Å². The maximum absolute atomic E-state index is 5.91. The van der Waals surface area contributed by atoms with Crippen LogP contribution in [-0.4, -0.2) is 30.1 Å². The summed E-state index contributed by atoms with van der Waals surface area (Å²) in [6, 6.07) is 1.35. The average molecular weight is 198 g/mol. The summed E-state index contributed by atoms with van der Waals surface area (Å²) >= 11 is 0. The molecule has 1 aliphatic rings. The molecule has 2 N–H and O–H groups in total. The lowest BCUT2D eigenvalue weighted by atomic mass is 10.1. The molecule has 0 spiro atoms. The fourth-order valence-corrected chi connectivity index (χ4v) is 1.96. The van der Waals surface area contributed by atoms with Crippen molar-refractivity contribution in [2.75, 3.05) is 13.1 Å². The normalized spacial score (nSPS) is 18.9. The zero-order valence-corrected chi connectivity index (χ0v) is 9.84. The molecule has 0 heterocycles. The van der Waals surface area contributed by atoms with E-state index in [0.29, 0.717) is 6.04 Å². The Morgan fingerprint density at radius 1 is 1.29 bits per heavy atom. The van der Waals surface area contributed by atoms with E-state index in [2.05, 4.69) is 18.7 Å². The first kappa shape index (κ1) is 12.0.